The van der Waals surface area contributed by atoms with E-state index in [9.17, 15) is 8.42 Å². The predicted molar refractivity (Wildman–Crippen MR) is 76.6 cm³/mol. The Bertz CT molecular complexity index is 737. The minimum atomic E-state index is -3.54. The zero-order valence-corrected chi connectivity index (χ0v) is 11.7. The van der Waals surface area contributed by atoms with Crippen LogP contribution in [0.2, 0.25) is 0 Å². The van der Waals surface area contributed by atoms with Gasteiger partial charge in [0.1, 0.15) is 0 Å². The Morgan fingerprint density at radius 3 is 2.16 bits per heavy atom. The van der Waals surface area contributed by atoms with E-state index in [-0.39, 0.29) is 9.79 Å². The molecule has 4 N–H and O–H groups in total. The number of nitrogens with two attached hydrogens (primary N) is 2. The summed E-state index contributed by atoms with van der Waals surface area (Å²) in [7, 11) is -3.54. The topological polar surface area (TPSA) is 86.2 Å². The summed E-state index contributed by atoms with van der Waals surface area (Å²) < 4.78 is 25.1. The van der Waals surface area contributed by atoms with Crippen LogP contribution >= 0.6 is 0 Å². The molecule has 0 radical (unpaired) electrons. The first-order valence-electron chi connectivity index (χ1n) is 5.79. The molecule has 4 nitrogen and oxygen atoms in total. The highest BCUT2D eigenvalue weighted by Crippen LogP contribution is 2.27. The predicted octanol–water partition coefficient (Wildman–Crippen LogP) is 2.30. The average Bonchev–Trinajstić information content (AvgIpc) is 2.32. The van der Waals surface area contributed by atoms with E-state index in [2.05, 4.69) is 0 Å². The molecule has 0 aliphatic carbocycles. The monoisotopic (exact) mass is 276 g/mol. The maximum atomic E-state index is 12.5. The van der Waals surface area contributed by atoms with Crippen molar-refractivity contribution in [1.29, 1.82) is 0 Å². The van der Waals surface area contributed by atoms with E-state index in [4.69, 9.17) is 11.5 Å². The first-order valence-corrected chi connectivity index (χ1v) is 7.28. The maximum absolute atomic E-state index is 12.5. The summed E-state index contributed by atoms with van der Waals surface area (Å²) in [5.41, 5.74) is 13.9. The third-order valence-electron chi connectivity index (χ3n) is 3.04. The van der Waals surface area contributed by atoms with Crippen LogP contribution in [0.3, 0.4) is 0 Å². The highest BCUT2D eigenvalue weighted by Gasteiger charge is 2.20. The molecule has 2 rings (SSSR count). The smallest absolute Gasteiger partial charge is 0.206 e. The lowest BCUT2D eigenvalue weighted by atomic mass is 10.2. The van der Waals surface area contributed by atoms with E-state index >= 15 is 0 Å². The molecule has 0 saturated carbocycles. The van der Waals surface area contributed by atoms with Crippen LogP contribution in [0.4, 0.5) is 11.4 Å². The number of rotatable bonds is 2. The van der Waals surface area contributed by atoms with Gasteiger partial charge in [0, 0.05) is 11.4 Å². The van der Waals surface area contributed by atoms with Crippen molar-refractivity contribution in [3.63, 3.8) is 0 Å². The van der Waals surface area contributed by atoms with Crippen molar-refractivity contribution in [1.82, 2.24) is 0 Å². The molecule has 0 bridgehead atoms. The van der Waals surface area contributed by atoms with Gasteiger partial charge in [0.2, 0.25) is 9.84 Å². The Kier molecular flexibility index (Phi) is 3.24. The second kappa shape index (κ2) is 4.59. The summed E-state index contributed by atoms with van der Waals surface area (Å²) >= 11 is 0. The Morgan fingerprint density at radius 2 is 1.58 bits per heavy atom. The van der Waals surface area contributed by atoms with Gasteiger partial charge >= 0.3 is 0 Å². The molecule has 0 unspecified atom stereocenters. The molecule has 0 spiro atoms. The molecule has 0 amide bonds. The summed E-state index contributed by atoms with van der Waals surface area (Å²) in [6, 6.07) is 9.48. The van der Waals surface area contributed by atoms with Crippen LogP contribution in [0.25, 0.3) is 0 Å². The Labute approximate surface area is 113 Å². The number of sulfone groups is 1. The Hall–Kier alpha value is -2.01. The quantitative estimate of drug-likeness (QED) is 0.824. The SMILES string of the molecule is Cc1cc(S(=O)(=O)c2ccc(N)cc2C)ccc1N. The molecular formula is C14H16N2O2S. The molecule has 19 heavy (non-hydrogen) atoms. The highest BCUT2D eigenvalue weighted by atomic mass is 32.2. The summed E-state index contributed by atoms with van der Waals surface area (Å²) in [5.74, 6) is 0. The van der Waals surface area contributed by atoms with Gasteiger partial charge in [0.25, 0.3) is 0 Å². The molecule has 0 atom stereocenters. The molecule has 2 aromatic rings. The first kappa shape index (κ1) is 13.4. The fraction of sp³-hybridized carbons (Fsp3) is 0.143. The minimum absolute atomic E-state index is 0.243. The van der Waals surface area contributed by atoms with Crippen molar-refractivity contribution in [2.24, 2.45) is 0 Å². The second-order valence-corrected chi connectivity index (χ2v) is 6.46. The van der Waals surface area contributed by atoms with Crippen LogP contribution in [0.1, 0.15) is 11.1 Å². The summed E-state index contributed by atoms with van der Waals surface area (Å²) in [6.45, 7) is 3.51. The van der Waals surface area contributed by atoms with E-state index in [0.717, 1.165) is 5.56 Å². The summed E-state index contributed by atoms with van der Waals surface area (Å²) in [4.78, 5) is 0.512. The number of aryl methyl sites for hydroxylation is 2. The van der Waals surface area contributed by atoms with E-state index in [0.29, 0.717) is 16.9 Å². The van der Waals surface area contributed by atoms with Gasteiger partial charge in [-0.25, -0.2) is 8.42 Å². The summed E-state index contributed by atoms with van der Waals surface area (Å²) in [5, 5.41) is 0. The number of hydrogen-bond donors (Lipinski definition) is 2. The van der Waals surface area contributed by atoms with Gasteiger partial charge in [-0.05, 0) is 61.4 Å². The zero-order chi connectivity index (χ0) is 14.2. The lowest BCUT2D eigenvalue weighted by molar-refractivity contribution is 0.595. The Balaban J connectivity index is 2.62. The van der Waals surface area contributed by atoms with E-state index in [1.54, 1.807) is 38.1 Å². The molecule has 5 heteroatoms. The molecule has 0 aliphatic heterocycles. The maximum Gasteiger partial charge on any atom is 0.206 e. The van der Waals surface area contributed by atoms with Crippen LogP contribution in [0.5, 0.6) is 0 Å². The molecule has 0 saturated heterocycles. The lowest BCUT2D eigenvalue weighted by Gasteiger charge is -2.10. The van der Waals surface area contributed by atoms with Crippen molar-refractivity contribution in [3.8, 4) is 0 Å². The summed E-state index contributed by atoms with van der Waals surface area (Å²) in [6.07, 6.45) is 0. The van der Waals surface area contributed by atoms with E-state index < -0.39 is 9.84 Å². The molecule has 100 valence electrons. The minimum Gasteiger partial charge on any atom is -0.399 e. The molecule has 0 aliphatic rings. The fourth-order valence-corrected chi connectivity index (χ4v) is 3.48. The van der Waals surface area contributed by atoms with Crippen molar-refractivity contribution in [2.45, 2.75) is 23.6 Å². The van der Waals surface area contributed by atoms with Crippen molar-refractivity contribution in [3.05, 3.63) is 47.5 Å². The molecule has 2 aromatic carbocycles. The van der Waals surface area contributed by atoms with Crippen molar-refractivity contribution < 1.29 is 8.42 Å². The average molecular weight is 276 g/mol. The molecule has 0 heterocycles. The zero-order valence-electron chi connectivity index (χ0n) is 10.8. The number of anilines is 2. The third kappa shape index (κ3) is 2.42. The third-order valence-corrected chi connectivity index (χ3v) is 4.95. The normalized spacial score (nSPS) is 11.5. The largest absolute Gasteiger partial charge is 0.399 e. The second-order valence-electron chi connectivity index (χ2n) is 4.55. The van der Waals surface area contributed by atoms with Crippen molar-refractivity contribution in [2.75, 3.05) is 11.5 Å². The van der Waals surface area contributed by atoms with Crippen LogP contribution < -0.4 is 11.5 Å². The lowest BCUT2D eigenvalue weighted by Crippen LogP contribution is -2.05. The van der Waals surface area contributed by atoms with Gasteiger partial charge < -0.3 is 11.5 Å². The van der Waals surface area contributed by atoms with E-state index in [1.165, 1.54) is 12.1 Å². The van der Waals surface area contributed by atoms with Gasteiger partial charge in [-0.1, -0.05) is 0 Å². The van der Waals surface area contributed by atoms with Gasteiger partial charge in [-0.3, -0.25) is 0 Å². The number of nitrogen functional groups attached to an aromatic ring is 2. The standard InChI is InChI=1S/C14H16N2O2S/c1-9-8-12(4-5-13(9)16)19(17,18)14-6-3-11(15)7-10(14)2/h3-8H,15-16H2,1-2H3. The van der Waals surface area contributed by atoms with Crippen LogP contribution in [0.15, 0.2) is 46.2 Å². The number of hydrogen-bond acceptors (Lipinski definition) is 4. The fourth-order valence-electron chi connectivity index (χ4n) is 1.92. The van der Waals surface area contributed by atoms with Gasteiger partial charge in [0.05, 0.1) is 9.79 Å². The van der Waals surface area contributed by atoms with E-state index in [1.807, 2.05) is 0 Å². The number of benzene rings is 2. The molecular weight excluding hydrogens is 260 g/mol. The van der Waals surface area contributed by atoms with Crippen LogP contribution in [-0.4, -0.2) is 8.42 Å². The first-order chi connectivity index (χ1) is 8.82. The molecule has 0 fully saturated rings. The van der Waals surface area contributed by atoms with Gasteiger partial charge in [0.15, 0.2) is 0 Å². The van der Waals surface area contributed by atoms with Crippen molar-refractivity contribution >= 4 is 21.2 Å². The van der Waals surface area contributed by atoms with Crippen LogP contribution in [0, 0.1) is 13.8 Å². The Morgan fingerprint density at radius 1 is 0.895 bits per heavy atom. The molecule has 0 aromatic heterocycles. The van der Waals surface area contributed by atoms with Gasteiger partial charge in [-0.2, -0.15) is 0 Å². The van der Waals surface area contributed by atoms with Crippen LogP contribution in [-0.2, 0) is 9.84 Å². The highest BCUT2D eigenvalue weighted by molar-refractivity contribution is 7.91. The van der Waals surface area contributed by atoms with Gasteiger partial charge in [-0.15, -0.1) is 0 Å².